The number of carbonyl (C=O) groups excluding carboxylic acids is 1. The lowest BCUT2D eigenvalue weighted by atomic mass is 10.2. The molecular formula is C15H22N4O. The summed E-state index contributed by atoms with van der Waals surface area (Å²) >= 11 is 0. The van der Waals surface area contributed by atoms with Gasteiger partial charge < -0.3 is 9.88 Å². The van der Waals surface area contributed by atoms with Crippen molar-refractivity contribution in [3.05, 3.63) is 24.7 Å². The van der Waals surface area contributed by atoms with Crippen molar-refractivity contribution in [1.29, 1.82) is 0 Å². The number of carbonyl (C=O) groups is 1. The summed E-state index contributed by atoms with van der Waals surface area (Å²) < 4.78 is 2.15. The van der Waals surface area contributed by atoms with E-state index in [1.165, 1.54) is 6.42 Å². The average molecular weight is 274 g/mol. The molecule has 3 heterocycles. The van der Waals surface area contributed by atoms with Crippen LogP contribution in [0.4, 0.5) is 5.82 Å². The number of amides is 1. The van der Waals surface area contributed by atoms with Gasteiger partial charge in [-0.3, -0.25) is 9.69 Å². The van der Waals surface area contributed by atoms with Crippen molar-refractivity contribution < 1.29 is 4.79 Å². The molecule has 1 amide bonds. The average Bonchev–Trinajstić information content (AvgIpc) is 3.07. The van der Waals surface area contributed by atoms with Crippen molar-refractivity contribution in [3.8, 4) is 0 Å². The number of aromatic nitrogens is 2. The van der Waals surface area contributed by atoms with Crippen LogP contribution in [0.1, 0.15) is 31.5 Å². The van der Waals surface area contributed by atoms with E-state index in [-0.39, 0.29) is 11.9 Å². The Balaban J connectivity index is 1.69. The number of rotatable bonds is 4. The van der Waals surface area contributed by atoms with Crippen LogP contribution < -0.4 is 5.32 Å². The van der Waals surface area contributed by atoms with Crippen LogP contribution >= 0.6 is 0 Å². The molecule has 3 rings (SSSR count). The molecule has 1 saturated heterocycles. The Labute approximate surface area is 119 Å². The fourth-order valence-corrected chi connectivity index (χ4v) is 3.23. The van der Waals surface area contributed by atoms with Crippen LogP contribution in [0.5, 0.6) is 0 Å². The Hall–Kier alpha value is -1.62. The maximum absolute atomic E-state index is 12.5. The third-order valence-corrected chi connectivity index (χ3v) is 4.25. The minimum absolute atomic E-state index is 0.0252. The molecule has 1 fully saturated rings. The van der Waals surface area contributed by atoms with Gasteiger partial charge in [-0.1, -0.05) is 6.08 Å². The van der Waals surface area contributed by atoms with Crippen LogP contribution in [0.25, 0.3) is 0 Å². The van der Waals surface area contributed by atoms with Gasteiger partial charge in [0.2, 0.25) is 5.91 Å². The van der Waals surface area contributed by atoms with E-state index in [0.717, 1.165) is 57.0 Å². The lowest BCUT2D eigenvalue weighted by Crippen LogP contribution is -2.40. The second-order valence-electron chi connectivity index (χ2n) is 5.60. The zero-order chi connectivity index (χ0) is 13.9. The Morgan fingerprint density at radius 1 is 1.45 bits per heavy atom. The van der Waals surface area contributed by atoms with Gasteiger partial charge in [0.1, 0.15) is 11.6 Å². The van der Waals surface area contributed by atoms with Crippen LogP contribution in [0.3, 0.4) is 0 Å². The number of aryl methyl sites for hydroxylation is 1. The van der Waals surface area contributed by atoms with E-state index in [9.17, 15) is 4.79 Å². The van der Waals surface area contributed by atoms with Gasteiger partial charge in [0, 0.05) is 19.5 Å². The fourth-order valence-electron chi connectivity index (χ4n) is 3.23. The van der Waals surface area contributed by atoms with Crippen LogP contribution in [-0.2, 0) is 17.8 Å². The van der Waals surface area contributed by atoms with Gasteiger partial charge >= 0.3 is 0 Å². The van der Waals surface area contributed by atoms with E-state index in [1.54, 1.807) is 6.20 Å². The van der Waals surface area contributed by atoms with Crippen molar-refractivity contribution in [3.63, 3.8) is 0 Å². The second-order valence-corrected chi connectivity index (χ2v) is 5.60. The molecule has 108 valence electrons. The molecule has 1 atom stereocenters. The maximum Gasteiger partial charge on any atom is 0.242 e. The molecule has 0 bridgehead atoms. The third-order valence-electron chi connectivity index (χ3n) is 4.25. The molecule has 0 radical (unpaired) electrons. The smallest absolute Gasteiger partial charge is 0.242 e. The van der Waals surface area contributed by atoms with Gasteiger partial charge in [0.25, 0.3) is 0 Å². The van der Waals surface area contributed by atoms with Crippen LogP contribution in [-0.4, -0.2) is 39.5 Å². The van der Waals surface area contributed by atoms with E-state index in [1.807, 2.05) is 6.08 Å². The van der Waals surface area contributed by atoms with Gasteiger partial charge in [-0.15, -0.1) is 6.58 Å². The predicted molar refractivity (Wildman–Crippen MR) is 78.6 cm³/mol. The summed E-state index contributed by atoms with van der Waals surface area (Å²) in [6.07, 6.45) is 9.05. The van der Waals surface area contributed by atoms with Crippen LogP contribution in [0.2, 0.25) is 0 Å². The number of nitrogens with zero attached hydrogens (tertiary/aromatic N) is 3. The summed E-state index contributed by atoms with van der Waals surface area (Å²) in [7, 11) is 0. The molecule has 0 unspecified atom stereocenters. The van der Waals surface area contributed by atoms with Crippen molar-refractivity contribution in [2.24, 2.45) is 0 Å². The molecule has 0 saturated carbocycles. The SMILES string of the molecule is C=CCN1CCC[C@H]1C(=O)Nc1cnc2n1CCCC2. The molecule has 0 spiro atoms. The monoisotopic (exact) mass is 274 g/mol. The van der Waals surface area contributed by atoms with Gasteiger partial charge in [0.15, 0.2) is 0 Å². The summed E-state index contributed by atoms with van der Waals surface area (Å²) in [5.74, 6) is 2.05. The Bertz CT molecular complexity index is 508. The Morgan fingerprint density at radius 3 is 3.20 bits per heavy atom. The van der Waals surface area contributed by atoms with Crippen molar-refractivity contribution in [1.82, 2.24) is 14.5 Å². The summed E-state index contributed by atoms with van der Waals surface area (Å²) in [5, 5.41) is 3.07. The highest BCUT2D eigenvalue weighted by molar-refractivity contribution is 5.94. The minimum atomic E-state index is -0.0252. The van der Waals surface area contributed by atoms with E-state index >= 15 is 0 Å². The van der Waals surface area contributed by atoms with E-state index in [0.29, 0.717) is 0 Å². The number of hydrogen-bond donors (Lipinski definition) is 1. The lowest BCUT2D eigenvalue weighted by molar-refractivity contribution is -0.120. The van der Waals surface area contributed by atoms with Gasteiger partial charge in [-0.25, -0.2) is 4.98 Å². The first-order valence-corrected chi connectivity index (χ1v) is 7.50. The standard InChI is InChI=1S/C15H22N4O/c1-2-8-18-9-5-6-12(18)15(20)17-14-11-16-13-7-3-4-10-19(13)14/h2,11-12H,1,3-10H2,(H,17,20)/t12-/m0/s1. The largest absolute Gasteiger partial charge is 0.315 e. The molecule has 1 aromatic rings. The number of anilines is 1. The number of imidazole rings is 1. The summed E-state index contributed by atoms with van der Waals surface area (Å²) in [6.45, 7) is 6.49. The molecule has 20 heavy (non-hydrogen) atoms. The highest BCUT2D eigenvalue weighted by Gasteiger charge is 2.30. The van der Waals surface area contributed by atoms with Crippen LogP contribution in [0, 0.1) is 0 Å². The zero-order valence-electron chi connectivity index (χ0n) is 11.8. The number of likely N-dealkylation sites (tertiary alicyclic amines) is 1. The molecule has 0 aliphatic carbocycles. The number of fused-ring (bicyclic) bond motifs is 1. The lowest BCUT2D eigenvalue weighted by Gasteiger charge is -2.23. The Morgan fingerprint density at radius 2 is 2.35 bits per heavy atom. The summed E-state index contributed by atoms with van der Waals surface area (Å²) in [6, 6.07) is -0.0252. The number of hydrogen-bond acceptors (Lipinski definition) is 3. The molecule has 5 heteroatoms. The molecule has 2 aliphatic heterocycles. The van der Waals surface area contributed by atoms with Gasteiger partial charge in [-0.05, 0) is 32.2 Å². The van der Waals surface area contributed by atoms with E-state index in [2.05, 4.69) is 26.3 Å². The molecule has 1 N–H and O–H groups in total. The summed E-state index contributed by atoms with van der Waals surface area (Å²) in [4.78, 5) is 19.1. The topological polar surface area (TPSA) is 50.2 Å². The van der Waals surface area contributed by atoms with E-state index < -0.39 is 0 Å². The first-order valence-electron chi connectivity index (χ1n) is 7.50. The van der Waals surface area contributed by atoms with Crippen molar-refractivity contribution in [2.45, 2.75) is 44.7 Å². The van der Waals surface area contributed by atoms with E-state index in [4.69, 9.17) is 0 Å². The molecule has 2 aliphatic rings. The van der Waals surface area contributed by atoms with Gasteiger partial charge in [0.05, 0.1) is 12.2 Å². The fraction of sp³-hybridized carbons (Fsp3) is 0.600. The van der Waals surface area contributed by atoms with Crippen molar-refractivity contribution in [2.75, 3.05) is 18.4 Å². The molecule has 1 aromatic heterocycles. The van der Waals surface area contributed by atoms with Crippen LogP contribution in [0.15, 0.2) is 18.9 Å². The third kappa shape index (κ3) is 2.50. The minimum Gasteiger partial charge on any atom is -0.315 e. The maximum atomic E-state index is 12.5. The molecule has 5 nitrogen and oxygen atoms in total. The molecule has 0 aromatic carbocycles. The normalized spacial score (nSPS) is 22.5. The highest BCUT2D eigenvalue weighted by atomic mass is 16.2. The molecular weight excluding hydrogens is 252 g/mol. The zero-order valence-corrected chi connectivity index (χ0v) is 11.8. The summed E-state index contributed by atoms with van der Waals surface area (Å²) in [5.41, 5.74) is 0. The van der Waals surface area contributed by atoms with Gasteiger partial charge in [-0.2, -0.15) is 0 Å². The Kier molecular flexibility index (Phi) is 3.87. The quantitative estimate of drug-likeness (QED) is 0.852. The highest BCUT2D eigenvalue weighted by Crippen LogP contribution is 2.22. The number of nitrogens with one attached hydrogen (secondary N) is 1. The predicted octanol–water partition coefficient (Wildman–Crippen LogP) is 1.81. The second kappa shape index (κ2) is 5.79. The first kappa shape index (κ1) is 13.4. The van der Waals surface area contributed by atoms with Crippen molar-refractivity contribution >= 4 is 11.7 Å². The first-order chi connectivity index (χ1) is 9.79.